The number of hydrogen-bond acceptors (Lipinski definition) is 3. The molecule has 0 aliphatic heterocycles. The number of halogens is 3. The topological polar surface area (TPSA) is 55.4 Å². The van der Waals surface area contributed by atoms with Crippen molar-refractivity contribution in [3.8, 4) is 22.5 Å². The molecular weight excluding hydrogens is 369 g/mol. The van der Waals surface area contributed by atoms with E-state index in [1.54, 1.807) is 31.2 Å². The van der Waals surface area contributed by atoms with Crippen molar-refractivity contribution in [3.05, 3.63) is 66.1 Å². The van der Waals surface area contributed by atoms with Gasteiger partial charge in [0.25, 0.3) is 0 Å². The highest BCUT2D eigenvalue weighted by molar-refractivity contribution is 5.68. The maximum atomic E-state index is 13.0. The van der Waals surface area contributed by atoms with E-state index in [2.05, 4.69) is 10.1 Å². The summed E-state index contributed by atoms with van der Waals surface area (Å²) in [6.45, 7) is 1.69. The largest absolute Gasteiger partial charge is 0.433 e. The van der Waals surface area contributed by atoms with Crippen LogP contribution >= 0.6 is 0 Å². The summed E-state index contributed by atoms with van der Waals surface area (Å²) in [5, 5.41) is 13.7. The Kier molecular flexibility index (Phi) is 4.23. The molecule has 28 heavy (non-hydrogen) atoms. The third kappa shape index (κ3) is 3.27. The van der Waals surface area contributed by atoms with Gasteiger partial charge in [-0.25, -0.2) is 4.98 Å². The Bertz CT molecular complexity index is 1140. The van der Waals surface area contributed by atoms with Gasteiger partial charge in [0, 0.05) is 30.6 Å². The van der Waals surface area contributed by atoms with Gasteiger partial charge in [-0.3, -0.25) is 4.68 Å². The molecular formula is C20H17F3N4O. The van der Waals surface area contributed by atoms with E-state index in [4.69, 9.17) is 0 Å². The highest BCUT2D eigenvalue weighted by Gasteiger charge is 2.35. The van der Waals surface area contributed by atoms with Gasteiger partial charge < -0.3 is 9.51 Å². The number of nitrogens with zero attached hydrogens (tertiary/aromatic N) is 4. The third-order valence-corrected chi connectivity index (χ3v) is 4.60. The number of aliphatic hydroxyl groups excluding tert-OH is 1. The second-order valence-electron chi connectivity index (χ2n) is 6.64. The molecule has 144 valence electrons. The minimum atomic E-state index is -4.44. The Balaban J connectivity index is 1.66. The summed E-state index contributed by atoms with van der Waals surface area (Å²) in [5.74, 6) is 0. The summed E-state index contributed by atoms with van der Waals surface area (Å²) in [4.78, 5) is 4.55. The highest BCUT2D eigenvalue weighted by atomic mass is 19.4. The van der Waals surface area contributed by atoms with Gasteiger partial charge in [-0.15, -0.1) is 0 Å². The van der Waals surface area contributed by atoms with Crippen molar-refractivity contribution in [2.75, 3.05) is 0 Å². The fraction of sp³-hybridized carbons (Fsp3) is 0.200. The predicted octanol–water partition coefficient (Wildman–Crippen LogP) is 4.47. The number of alkyl halides is 3. The summed E-state index contributed by atoms with van der Waals surface area (Å²) < 4.78 is 41.5. The highest BCUT2D eigenvalue weighted by Crippen LogP contribution is 2.32. The summed E-state index contributed by atoms with van der Waals surface area (Å²) in [6, 6.07) is 11.7. The van der Waals surface area contributed by atoms with Crippen LogP contribution in [0.15, 0.2) is 54.9 Å². The van der Waals surface area contributed by atoms with E-state index in [9.17, 15) is 18.3 Å². The van der Waals surface area contributed by atoms with Crippen LogP contribution in [-0.4, -0.2) is 24.3 Å². The number of pyridine rings is 1. The lowest BCUT2D eigenvalue weighted by atomic mass is 10.1. The number of aliphatic hydroxyl groups is 1. The summed E-state index contributed by atoms with van der Waals surface area (Å²) in [6.07, 6.45) is -1.35. The number of aromatic nitrogens is 4. The Morgan fingerprint density at radius 2 is 1.61 bits per heavy atom. The Labute approximate surface area is 158 Å². The van der Waals surface area contributed by atoms with Crippen LogP contribution in [0, 0.1) is 0 Å². The number of aryl methyl sites for hydroxylation is 1. The van der Waals surface area contributed by atoms with Crippen LogP contribution in [0.25, 0.3) is 28.2 Å². The third-order valence-electron chi connectivity index (χ3n) is 4.60. The summed E-state index contributed by atoms with van der Waals surface area (Å²) in [5.41, 5.74) is 3.14. The minimum absolute atomic E-state index is 0.262. The van der Waals surface area contributed by atoms with Crippen LogP contribution in [0.1, 0.15) is 24.3 Å². The molecule has 3 heterocycles. The van der Waals surface area contributed by atoms with E-state index in [1.807, 2.05) is 28.9 Å². The van der Waals surface area contributed by atoms with Gasteiger partial charge >= 0.3 is 6.18 Å². The van der Waals surface area contributed by atoms with Gasteiger partial charge in [-0.2, -0.15) is 18.3 Å². The zero-order chi connectivity index (χ0) is 20.1. The lowest BCUT2D eigenvalue weighted by Gasteiger charge is -2.04. The van der Waals surface area contributed by atoms with Crippen LogP contribution in [0.2, 0.25) is 0 Å². The molecule has 0 amide bonds. The van der Waals surface area contributed by atoms with E-state index in [1.165, 1.54) is 7.05 Å². The minimum Gasteiger partial charge on any atom is -0.389 e. The first-order valence-electron chi connectivity index (χ1n) is 8.61. The standard InChI is InChI=1S/C20H17F3N4O/c1-12(28)15-7-8-19-24-17(11-27(19)10-15)14-5-3-13(4-6-14)16-9-18(20(21,22)23)26(2)25-16/h3-12,28H,1-2H3. The normalized spacial score (nSPS) is 13.2. The Hall–Kier alpha value is -3.13. The summed E-state index contributed by atoms with van der Waals surface area (Å²) in [7, 11) is 1.28. The van der Waals surface area contributed by atoms with Crippen LogP contribution in [0.4, 0.5) is 13.2 Å². The fourth-order valence-electron chi connectivity index (χ4n) is 3.08. The first-order valence-corrected chi connectivity index (χ1v) is 8.61. The average Bonchev–Trinajstić information content (AvgIpc) is 3.24. The van der Waals surface area contributed by atoms with E-state index < -0.39 is 18.0 Å². The molecule has 0 radical (unpaired) electrons. The van der Waals surface area contributed by atoms with Crippen LogP contribution in [-0.2, 0) is 13.2 Å². The fourth-order valence-corrected chi connectivity index (χ4v) is 3.08. The van der Waals surface area contributed by atoms with Crippen molar-refractivity contribution >= 4 is 5.65 Å². The quantitative estimate of drug-likeness (QED) is 0.565. The van der Waals surface area contributed by atoms with Crippen molar-refractivity contribution in [2.45, 2.75) is 19.2 Å². The smallest absolute Gasteiger partial charge is 0.389 e. The monoisotopic (exact) mass is 386 g/mol. The van der Waals surface area contributed by atoms with E-state index in [-0.39, 0.29) is 5.69 Å². The van der Waals surface area contributed by atoms with Crippen molar-refractivity contribution in [1.29, 1.82) is 0 Å². The number of imidazole rings is 1. The maximum absolute atomic E-state index is 13.0. The summed E-state index contributed by atoms with van der Waals surface area (Å²) >= 11 is 0. The number of hydrogen-bond donors (Lipinski definition) is 1. The predicted molar refractivity (Wildman–Crippen MR) is 98.5 cm³/mol. The number of rotatable bonds is 3. The van der Waals surface area contributed by atoms with Crippen molar-refractivity contribution in [2.24, 2.45) is 7.05 Å². The van der Waals surface area contributed by atoms with Crippen molar-refractivity contribution < 1.29 is 18.3 Å². The van der Waals surface area contributed by atoms with Gasteiger partial charge in [-0.1, -0.05) is 30.3 Å². The molecule has 8 heteroatoms. The molecule has 5 nitrogen and oxygen atoms in total. The average molecular weight is 386 g/mol. The molecule has 1 N–H and O–H groups in total. The van der Waals surface area contributed by atoms with Crippen LogP contribution in [0.3, 0.4) is 0 Å². The molecule has 0 saturated heterocycles. The van der Waals surface area contributed by atoms with E-state index in [0.717, 1.165) is 33.2 Å². The second-order valence-corrected chi connectivity index (χ2v) is 6.64. The number of benzene rings is 1. The van der Waals surface area contributed by atoms with E-state index in [0.29, 0.717) is 5.56 Å². The molecule has 4 rings (SSSR count). The van der Waals surface area contributed by atoms with Crippen molar-refractivity contribution in [1.82, 2.24) is 19.2 Å². The van der Waals surface area contributed by atoms with Gasteiger partial charge in [-0.05, 0) is 24.6 Å². The molecule has 0 saturated carbocycles. The molecule has 1 aromatic carbocycles. The van der Waals surface area contributed by atoms with Crippen LogP contribution < -0.4 is 0 Å². The zero-order valence-corrected chi connectivity index (χ0v) is 15.1. The molecule has 0 spiro atoms. The lowest BCUT2D eigenvalue weighted by molar-refractivity contribution is -0.143. The van der Waals surface area contributed by atoms with Gasteiger partial charge in [0.15, 0.2) is 0 Å². The lowest BCUT2D eigenvalue weighted by Crippen LogP contribution is -2.11. The maximum Gasteiger partial charge on any atom is 0.433 e. The van der Waals surface area contributed by atoms with Crippen molar-refractivity contribution in [3.63, 3.8) is 0 Å². The van der Waals surface area contributed by atoms with E-state index >= 15 is 0 Å². The first kappa shape index (κ1) is 18.2. The van der Waals surface area contributed by atoms with Gasteiger partial charge in [0.05, 0.1) is 17.5 Å². The first-order chi connectivity index (χ1) is 13.2. The second kappa shape index (κ2) is 6.49. The van der Waals surface area contributed by atoms with Gasteiger partial charge in [0.1, 0.15) is 11.3 Å². The molecule has 1 unspecified atom stereocenters. The Morgan fingerprint density at radius 1 is 0.964 bits per heavy atom. The molecule has 0 bridgehead atoms. The van der Waals surface area contributed by atoms with Gasteiger partial charge in [0.2, 0.25) is 0 Å². The molecule has 0 fully saturated rings. The Morgan fingerprint density at radius 3 is 2.18 bits per heavy atom. The molecule has 4 aromatic rings. The van der Waals surface area contributed by atoms with Crippen LogP contribution in [0.5, 0.6) is 0 Å². The molecule has 0 aliphatic carbocycles. The SMILES string of the molecule is CC(O)c1ccc2nc(-c3ccc(-c4cc(C(F)(F)F)n(C)n4)cc3)cn2c1. The molecule has 1 atom stereocenters. The molecule has 0 aliphatic rings. The zero-order valence-electron chi connectivity index (χ0n) is 15.1. The molecule has 3 aromatic heterocycles. The number of fused-ring (bicyclic) bond motifs is 1.